The summed E-state index contributed by atoms with van der Waals surface area (Å²) in [6, 6.07) is -2.86. The number of amides is 3. The maximum atomic E-state index is 16.0. The summed E-state index contributed by atoms with van der Waals surface area (Å²) >= 11 is 0.632. The van der Waals surface area contributed by atoms with Crippen LogP contribution in [0.15, 0.2) is 6.33 Å². The molecule has 7 atom stereocenters. The lowest BCUT2D eigenvalue weighted by atomic mass is 9.98. The van der Waals surface area contributed by atoms with E-state index in [0.717, 1.165) is 6.92 Å². The molecule has 4 rings (SSSR count). The van der Waals surface area contributed by atoms with Crippen molar-refractivity contribution in [3.63, 3.8) is 0 Å². The topological polar surface area (TPSA) is 231 Å². The molecule has 0 bridgehead atoms. The van der Waals surface area contributed by atoms with E-state index in [4.69, 9.17) is 24.5 Å². The van der Waals surface area contributed by atoms with Crippen molar-refractivity contribution in [1.29, 1.82) is 0 Å². The van der Waals surface area contributed by atoms with E-state index in [2.05, 4.69) is 30.7 Å². The number of nitrogens with zero attached hydrogens (tertiary/aromatic N) is 4. The fourth-order valence-corrected chi connectivity index (χ4v) is 8.19. The molecule has 2 aliphatic heterocycles. The minimum Gasteiger partial charge on any atom is -0.476 e. The standard InChI is InChI=1S/C23H34FN8O9PS/c1-6-38-18-14-16(28-21(25)30-18)32(9-26-14)20-23(5,24)15(33)13(41-20)7-39-42(37,31-11(4)19(35)40-10(2)3)43-8-12-17(34)29-22(36)27-12/h9-13,15,20,33H,6-8H2,1-5H3,(H,31,37)(H2,25,28,30)(H2,27,29,34,36)/t11-,12?,13?,15-,20?,23-,42?/m1/s1. The Kier molecular flexibility index (Phi) is 9.82. The number of hydrogen-bond acceptors (Lipinski definition) is 14. The maximum Gasteiger partial charge on any atom is 0.327 e. The van der Waals surface area contributed by atoms with Crippen LogP contribution in [0.2, 0.25) is 0 Å². The summed E-state index contributed by atoms with van der Waals surface area (Å²) < 4.78 is 53.3. The Balaban J connectivity index is 1.53. The number of aliphatic hydroxyl groups is 1. The molecular formula is C23H34FN8O9PS. The van der Waals surface area contributed by atoms with Crippen molar-refractivity contribution in [2.75, 3.05) is 24.7 Å². The van der Waals surface area contributed by atoms with Crippen molar-refractivity contribution in [3.05, 3.63) is 6.33 Å². The van der Waals surface area contributed by atoms with Crippen LogP contribution in [0.3, 0.4) is 0 Å². The minimum absolute atomic E-state index is 0.0871. The van der Waals surface area contributed by atoms with E-state index in [0.29, 0.717) is 11.4 Å². The zero-order chi connectivity index (χ0) is 31.7. The quantitative estimate of drug-likeness (QED) is 0.115. The second kappa shape index (κ2) is 12.9. The van der Waals surface area contributed by atoms with Gasteiger partial charge in [-0.2, -0.15) is 9.97 Å². The van der Waals surface area contributed by atoms with Crippen molar-refractivity contribution in [1.82, 2.24) is 35.2 Å². The van der Waals surface area contributed by atoms with Gasteiger partial charge in [0.25, 0.3) is 5.91 Å². The van der Waals surface area contributed by atoms with Crippen LogP contribution in [0.25, 0.3) is 11.2 Å². The van der Waals surface area contributed by atoms with Crippen LogP contribution in [-0.2, 0) is 28.2 Å². The van der Waals surface area contributed by atoms with Gasteiger partial charge in [0.1, 0.15) is 24.3 Å². The van der Waals surface area contributed by atoms with E-state index in [1.54, 1.807) is 20.8 Å². The van der Waals surface area contributed by atoms with Crippen molar-refractivity contribution < 1.29 is 47.2 Å². The number of aromatic nitrogens is 4. The second-order valence-electron chi connectivity index (χ2n) is 10.2. The van der Waals surface area contributed by atoms with Gasteiger partial charge in [-0.25, -0.2) is 19.3 Å². The van der Waals surface area contributed by atoms with Gasteiger partial charge >= 0.3 is 18.7 Å². The summed E-state index contributed by atoms with van der Waals surface area (Å²) in [5.41, 5.74) is 3.68. The molecule has 6 N–H and O–H groups in total. The highest BCUT2D eigenvalue weighted by molar-refractivity contribution is 8.56. The van der Waals surface area contributed by atoms with Gasteiger partial charge in [0.05, 0.1) is 25.6 Å². The number of fused-ring (bicyclic) bond motifs is 1. The fourth-order valence-electron chi connectivity index (χ4n) is 4.32. The summed E-state index contributed by atoms with van der Waals surface area (Å²) in [6.07, 6.45) is -3.81. The number of esters is 1. The number of imidazole rings is 1. The zero-order valence-electron chi connectivity index (χ0n) is 24.0. The number of hydrogen-bond donors (Lipinski definition) is 5. The number of nitrogen functional groups attached to an aromatic ring is 1. The highest BCUT2D eigenvalue weighted by Gasteiger charge is 2.56. The molecule has 4 unspecified atom stereocenters. The van der Waals surface area contributed by atoms with Crippen molar-refractivity contribution in [2.45, 2.75) is 76.9 Å². The molecule has 3 amide bonds. The Hall–Kier alpha value is -3.09. The molecule has 0 aromatic carbocycles. The minimum atomic E-state index is -4.08. The van der Waals surface area contributed by atoms with Gasteiger partial charge in [0, 0.05) is 5.75 Å². The van der Waals surface area contributed by atoms with Gasteiger partial charge in [0.15, 0.2) is 23.1 Å². The van der Waals surface area contributed by atoms with Crippen LogP contribution in [0.4, 0.5) is 15.1 Å². The largest absolute Gasteiger partial charge is 0.476 e. The third-order valence-electron chi connectivity index (χ3n) is 6.39. The summed E-state index contributed by atoms with van der Waals surface area (Å²) in [5.74, 6) is -1.62. The molecule has 4 heterocycles. The van der Waals surface area contributed by atoms with Crippen LogP contribution in [0.1, 0.15) is 40.8 Å². The molecule has 0 aliphatic carbocycles. The SMILES string of the molecule is CCOc1nc(N)nc2c1ncn2C1OC(COP(=O)(N[C@H](C)C(=O)OC(C)C)SCC2NC(=O)NC2=O)[C@@H](O)[C@@]1(C)F. The molecule has 0 spiro atoms. The van der Waals surface area contributed by atoms with Crippen LogP contribution < -0.4 is 26.2 Å². The lowest BCUT2D eigenvalue weighted by molar-refractivity contribution is -0.149. The van der Waals surface area contributed by atoms with E-state index in [-0.39, 0.29) is 35.4 Å². The zero-order valence-corrected chi connectivity index (χ0v) is 25.7. The smallest absolute Gasteiger partial charge is 0.327 e. The molecule has 2 aromatic heterocycles. The first-order chi connectivity index (χ1) is 20.1. The van der Waals surface area contributed by atoms with Crippen LogP contribution >= 0.6 is 18.1 Å². The average molecular weight is 649 g/mol. The highest BCUT2D eigenvalue weighted by Crippen LogP contribution is 2.57. The molecule has 2 saturated heterocycles. The van der Waals surface area contributed by atoms with Gasteiger partial charge < -0.3 is 34.9 Å². The summed E-state index contributed by atoms with van der Waals surface area (Å²) in [7, 11) is 0. The number of imide groups is 1. The average Bonchev–Trinajstić information content (AvgIpc) is 3.54. The predicted molar refractivity (Wildman–Crippen MR) is 151 cm³/mol. The van der Waals surface area contributed by atoms with Crippen molar-refractivity contribution >= 4 is 53.1 Å². The Morgan fingerprint density at radius 2 is 2.09 bits per heavy atom. The number of alkyl halides is 1. The lowest BCUT2D eigenvalue weighted by Gasteiger charge is -2.25. The van der Waals surface area contributed by atoms with Crippen LogP contribution in [0.5, 0.6) is 5.88 Å². The molecular weight excluding hydrogens is 614 g/mol. The second-order valence-corrected chi connectivity index (χ2v) is 14.5. The van der Waals surface area contributed by atoms with Crippen LogP contribution in [0, 0.1) is 0 Å². The third-order valence-corrected chi connectivity index (χ3v) is 10.5. The number of aliphatic hydroxyl groups excluding tert-OH is 1. The van der Waals surface area contributed by atoms with E-state index in [9.17, 15) is 24.1 Å². The van der Waals surface area contributed by atoms with E-state index >= 15 is 4.39 Å². The highest BCUT2D eigenvalue weighted by atomic mass is 32.7. The van der Waals surface area contributed by atoms with Crippen molar-refractivity contribution in [2.24, 2.45) is 0 Å². The molecule has 20 heteroatoms. The molecule has 238 valence electrons. The number of ether oxygens (including phenoxy) is 3. The number of carbonyl (C=O) groups excluding carboxylic acids is 3. The molecule has 2 aromatic rings. The molecule has 0 saturated carbocycles. The maximum absolute atomic E-state index is 16.0. The Morgan fingerprint density at radius 3 is 2.72 bits per heavy atom. The fraction of sp³-hybridized carbons (Fsp3) is 0.652. The molecule has 43 heavy (non-hydrogen) atoms. The van der Waals surface area contributed by atoms with Crippen molar-refractivity contribution in [3.8, 4) is 5.88 Å². The molecule has 0 radical (unpaired) electrons. The number of urea groups is 1. The predicted octanol–water partition coefficient (Wildman–Crippen LogP) is 0.789. The number of rotatable bonds is 13. The number of halogens is 1. The first kappa shape index (κ1) is 32.8. The third kappa shape index (κ3) is 7.18. The first-order valence-electron chi connectivity index (χ1n) is 13.3. The molecule has 2 fully saturated rings. The summed E-state index contributed by atoms with van der Waals surface area (Å²) in [4.78, 5) is 48.2. The van der Waals surface area contributed by atoms with Crippen LogP contribution in [-0.4, -0.2) is 97.6 Å². The number of nitrogens with one attached hydrogen (secondary N) is 3. The van der Waals surface area contributed by atoms with Gasteiger partial charge in [-0.3, -0.25) is 24.0 Å². The summed E-state index contributed by atoms with van der Waals surface area (Å²) in [5, 5.41) is 17.9. The van der Waals surface area contributed by atoms with Gasteiger partial charge in [-0.15, -0.1) is 0 Å². The summed E-state index contributed by atoms with van der Waals surface area (Å²) in [6.45, 7) is 3.10. The van der Waals surface area contributed by atoms with E-state index in [1.165, 1.54) is 17.8 Å². The van der Waals surface area contributed by atoms with E-state index < -0.39 is 73.5 Å². The number of carbonyl (C=O) groups is 3. The lowest BCUT2D eigenvalue weighted by Crippen LogP contribution is -2.41. The first-order valence-corrected chi connectivity index (χ1v) is 16.5. The van der Waals surface area contributed by atoms with Gasteiger partial charge in [0.2, 0.25) is 11.8 Å². The van der Waals surface area contributed by atoms with Gasteiger partial charge in [-0.1, -0.05) is 11.4 Å². The molecule has 17 nitrogen and oxygen atoms in total. The monoisotopic (exact) mass is 648 g/mol. The van der Waals surface area contributed by atoms with E-state index in [1.807, 2.05) is 0 Å². The Morgan fingerprint density at radius 1 is 1.37 bits per heavy atom. The molecule has 2 aliphatic rings. The number of nitrogens with two attached hydrogens (primary N) is 1. The van der Waals surface area contributed by atoms with Gasteiger partial charge in [-0.05, 0) is 34.6 Å². The normalized spacial score (nSPS) is 27.6. The number of anilines is 1. The Bertz CT molecular complexity index is 1430. The Labute approximate surface area is 249 Å².